The van der Waals surface area contributed by atoms with Crippen molar-refractivity contribution in [3.63, 3.8) is 0 Å². The molecular formula is C14H20FNO2. The monoisotopic (exact) mass is 253 g/mol. The minimum absolute atomic E-state index is 0.127. The van der Waals surface area contributed by atoms with E-state index in [0.717, 1.165) is 12.1 Å². The molecule has 2 rings (SSSR count). The van der Waals surface area contributed by atoms with Gasteiger partial charge in [0.1, 0.15) is 11.9 Å². The summed E-state index contributed by atoms with van der Waals surface area (Å²) in [5, 5.41) is 3.31. The van der Waals surface area contributed by atoms with Gasteiger partial charge in [-0.25, -0.2) is 4.39 Å². The van der Waals surface area contributed by atoms with Crippen LogP contribution in [0.5, 0.6) is 0 Å². The summed E-state index contributed by atoms with van der Waals surface area (Å²) < 4.78 is 24.2. The van der Waals surface area contributed by atoms with Gasteiger partial charge in [0, 0.05) is 18.2 Å². The lowest BCUT2D eigenvalue weighted by atomic mass is 10.1. The Labute approximate surface area is 107 Å². The van der Waals surface area contributed by atoms with Gasteiger partial charge in [-0.3, -0.25) is 0 Å². The average molecular weight is 253 g/mol. The molecule has 1 aromatic carbocycles. The van der Waals surface area contributed by atoms with Crippen LogP contribution in [-0.2, 0) is 22.6 Å². The van der Waals surface area contributed by atoms with Crippen molar-refractivity contribution in [3.05, 3.63) is 35.1 Å². The van der Waals surface area contributed by atoms with Crippen molar-refractivity contribution >= 4 is 0 Å². The molecule has 1 aliphatic rings. The molecule has 1 heterocycles. The number of ether oxygens (including phenoxy) is 2. The van der Waals surface area contributed by atoms with Crippen molar-refractivity contribution in [2.75, 3.05) is 13.2 Å². The van der Waals surface area contributed by atoms with Crippen LogP contribution in [0.15, 0.2) is 18.2 Å². The van der Waals surface area contributed by atoms with Gasteiger partial charge in [0.25, 0.3) is 0 Å². The van der Waals surface area contributed by atoms with E-state index in [1.807, 2.05) is 6.07 Å². The summed E-state index contributed by atoms with van der Waals surface area (Å²) in [6.45, 7) is 6.48. The fourth-order valence-corrected chi connectivity index (χ4v) is 1.69. The molecule has 4 heteroatoms. The molecule has 0 saturated carbocycles. The smallest absolute Gasteiger partial charge is 0.128 e. The van der Waals surface area contributed by atoms with Gasteiger partial charge in [0.05, 0.1) is 19.8 Å². The highest BCUT2D eigenvalue weighted by atomic mass is 19.1. The Balaban J connectivity index is 1.92. The Hall–Kier alpha value is -0.970. The van der Waals surface area contributed by atoms with Crippen LogP contribution in [0, 0.1) is 5.82 Å². The van der Waals surface area contributed by atoms with Gasteiger partial charge in [-0.1, -0.05) is 19.9 Å². The number of hydrogen-bond donors (Lipinski definition) is 1. The fraction of sp³-hybridized carbons (Fsp3) is 0.571. The van der Waals surface area contributed by atoms with E-state index in [1.165, 1.54) is 6.07 Å². The molecule has 0 amide bonds. The lowest BCUT2D eigenvalue weighted by Crippen LogP contribution is -2.35. The number of halogens is 1. The predicted octanol–water partition coefficient (Wildman–Crippen LogP) is 2.24. The van der Waals surface area contributed by atoms with Crippen LogP contribution in [0.25, 0.3) is 0 Å². The second kappa shape index (κ2) is 6.27. The van der Waals surface area contributed by atoms with Gasteiger partial charge < -0.3 is 14.8 Å². The Bertz CT molecular complexity index is 391. The zero-order chi connectivity index (χ0) is 13.0. The quantitative estimate of drug-likeness (QED) is 0.843. The minimum Gasteiger partial charge on any atom is -0.376 e. The summed E-state index contributed by atoms with van der Waals surface area (Å²) in [4.78, 5) is 0. The molecule has 0 bridgehead atoms. The first kappa shape index (κ1) is 13.5. The third-order valence-electron chi connectivity index (χ3n) is 2.91. The number of benzene rings is 1. The fourth-order valence-electron chi connectivity index (χ4n) is 1.69. The molecule has 1 aromatic rings. The molecule has 0 aliphatic carbocycles. The summed E-state index contributed by atoms with van der Waals surface area (Å²) in [5.74, 6) is -0.205. The second-order valence-corrected chi connectivity index (χ2v) is 4.93. The van der Waals surface area contributed by atoms with Crippen molar-refractivity contribution in [1.82, 2.24) is 5.32 Å². The summed E-state index contributed by atoms with van der Waals surface area (Å²) >= 11 is 0. The van der Waals surface area contributed by atoms with Crippen LogP contribution >= 0.6 is 0 Å². The molecule has 1 N–H and O–H groups in total. The van der Waals surface area contributed by atoms with Crippen LogP contribution in [-0.4, -0.2) is 25.4 Å². The Morgan fingerprint density at radius 2 is 2.22 bits per heavy atom. The summed E-state index contributed by atoms with van der Waals surface area (Å²) in [5.41, 5.74) is 1.69. The van der Waals surface area contributed by atoms with E-state index in [0.29, 0.717) is 31.4 Å². The summed E-state index contributed by atoms with van der Waals surface area (Å²) in [6.07, 6.45) is 0.127. The Morgan fingerprint density at radius 3 is 2.83 bits per heavy atom. The van der Waals surface area contributed by atoms with Crippen molar-refractivity contribution in [3.8, 4) is 0 Å². The van der Waals surface area contributed by atoms with Crippen LogP contribution in [0.4, 0.5) is 4.39 Å². The standard InChI is InChI=1S/C14H20FNO2/c1-10(2)16-6-11-3-4-14(15)12(5-11)7-18-13-8-17-9-13/h3-5,10,13,16H,6-9H2,1-2H3. The van der Waals surface area contributed by atoms with Gasteiger partial charge in [0.2, 0.25) is 0 Å². The normalized spacial score (nSPS) is 16.0. The van der Waals surface area contributed by atoms with Crippen LogP contribution < -0.4 is 5.32 Å². The SMILES string of the molecule is CC(C)NCc1ccc(F)c(COC2COC2)c1. The number of rotatable bonds is 6. The van der Waals surface area contributed by atoms with E-state index in [1.54, 1.807) is 6.07 Å². The first-order valence-corrected chi connectivity index (χ1v) is 6.35. The highest BCUT2D eigenvalue weighted by molar-refractivity contribution is 5.24. The van der Waals surface area contributed by atoms with Gasteiger partial charge in [-0.05, 0) is 17.7 Å². The van der Waals surface area contributed by atoms with Crippen LogP contribution in [0.3, 0.4) is 0 Å². The maximum absolute atomic E-state index is 13.6. The third kappa shape index (κ3) is 3.77. The third-order valence-corrected chi connectivity index (χ3v) is 2.91. The predicted molar refractivity (Wildman–Crippen MR) is 67.8 cm³/mol. The first-order valence-electron chi connectivity index (χ1n) is 6.35. The molecule has 0 spiro atoms. The van der Waals surface area contributed by atoms with Gasteiger partial charge in [-0.2, -0.15) is 0 Å². The zero-order valence-electron chi connectivity index (χ0n) is 10.9. The van der Waals surface area contributed by atoms with E-state index >= 15 is 0 Å². The van der Waals surface area contributed by atoms with E-state index in [4.69, 9.17) is 9.47 Å². The highest BCUT2D eigenvalue weighted by Crippen LogP contribution is 2.15. The van der Waals surface area contributed by atoms with Crippen molar-refractivity contribution in [2.24, 2.45) is 0 Å². The molecular weight excluding hydrogens is 233 g/mol. The highest BCUT2D eigenvalue weighted by Gasteiger charge is 2.19. The topological polar surface area (TPSA) is 30.5 Å². The number of hydrogen-bond acceptors (Lipinski definition) is 3. The average Bonchev–Trinajstić information content (AvgIpc) is 2.27. The number of nitrogens with one attached hydrogen (secondary N) is 1. The Morgan fingerprint density at radius 1 is 1.44 bits per heavy atom. The molecule has 0 atom stereocenters. The maximum atomic E-state index is 13.6. The van der Waals surface area contributed by atoms with Gasteiger partial charge in [0.15, 0.2) is 0 Å². The molecule has 1 aliphatic heterocycles. The van der Waals surface area contributed by atoms with Crippen molar-refractivity contribution in [1.29, 1.82) is 0 Å². The second-order valence-electron chi connectivity index (χ2n) is 4.93. The molecule has 18 heavy (non-hydrogen) atoms. The first-order chi connectivity index (χ1) is 8.65. The minimum atomic E-state index is -0.205. The molecule has 0 radical (unpaired) electrons. The maximum Gasteiger partial charge on any atom is 0.128 e. The van der Waals surface area contributed by atoms with Crippen molar-refractivity contribution in [2.45, 2.75) is 39.1 Å². The lowest BCUT2D eigenvalue weighted by Gasteiger charge is -2.26. The molecule has 3 nitrogen and oxygen atoms in total. The zero-order valence-corrected chi connectivity index (χ0v) is 10.9. The molecule has 0 aromatic heterocycles. The van der Waals surface area contributed by atoms with Crippen LogP contribution in [0.1, 0.15) is 25.0 Å². The molecule has 1 saturated heterocycles. The van der Waals surface area contributed by atoms with Gasteiger partial charge in [-0.15, -0.1) is 0 Å². The largest absolute Gasteiger partial charge is 0.376 e. The summed E-state index contributed by atoms with van der Waals surface area (Å²) in [6, 6.07) is 5.60. The van der Waals surface area contributed by atoms with Gasteiger partial charge >= 0.3 is 0 Å². The van der Waals surface area contributed by atoms with Crippen molar-refractivity contribution < 1.29 is 13.9 Å². The van der Waals surface area contributed by atoms with E-state index in [-0.39, 0.29) is 11.9 Å². The molecule has 100 valence electrons. The van der Waals surface area contributed by atoms with E-state index in [9.17, 15) is 4.39 Å². The van der Waals surface area contributed by atoms with Crippen LogP contribution in [0.2, 0.25) is 0 Å². The molecule has 1 fully saturated rings. The summed E-state index contributed by atoms with van der Waals surface area (Å²) in [7, 11) is 0. The Kier molecular flexibility index (Phi) is 4.69. The lowest BCUT2D eigenvalue weighted by molar-refractivity contribution is -0.135. The van der Waals surface area contributed by atoms with E-state index < -0.39 is 0 Å². The molecule has 0 unspecified atom stereocenters. The van der Waals surface area contributed by atoms with E-state index in [2.05, 4.69) is 19.2 Å².